The fourth-order valence-corrected chi connectivity index (χ4v) is 3.35. The zero-order chi connectivity index (χ0) is 12.4. The first kappa shape index (κ1) is 13.2. The van der Waals surface area contributed by atoms with Crippen LogP contribution in [0.4, 0.5) is 0 Å². The Bertz CT molecular complexity index is 413. The van der Waals surface area contributed by atoms with Gasteiger partial charge in [-0.3, -0.25) is 4.79 Å². The van der Waals surface area contributed by atoms with Crippen LogP contribution in [0.5, 0.6) is 0 Å². The van der Waals surface area contributed by atoms with E-state index in [0.717, 1.165) is 25.7 Å². The summed E-state index contributed by atoms with van der Waals surface area (Å²) in [5.74, 6) is 0.135. The summed E-state index contributed by atoms with van der Waals surface area (Å²) in [6.07, 6.45) is 5.31. The summed E-state index contributed by atoms with van der Waals surface area (Å²) in [4.78, 5) is 12.3. The molecule has 0 heterocycles. The summed E-state index contributed by atoms with van der Waals surface area (Å²) < 4.78 is 0. The van der Waals surface area contributed by atoms with Gasteiger partial charge in [0.1, 0.15) is 0 Å². The topological polar surface area (TPSA) is 17.1 Å². The highest BCUT2D eigenvalue weighted by molar-refractivity contribution is 6.42. The van der Waals surface area contributed by atoms with Crippen LogP contribution in [0.25, 0.3) is 0 Å². The lowest BCUT2D eigenvalue weighted by atomic mass is 9.84. The number of Topliss-reactive ketones (excluding diaryl/α,β-unsaturated/α-hetero) is 1. The second kappa shape index (κ2) is 5.60. The van der Waals surface area contributed by atoms with Crippen LogP contribution in [0.2, 0.25) is 15.1 Å². The maximum atomic E-state index is 12.3. The standard InChI is InChI=1S/C13H13Cl3O/c14-9-6-10(15)12(11(16)7-9)13(17)8-4-2-1-3-5-8/h6-8H,1-5H2. The molecular formula is C13H13Cl3O. The van der Waals surface area contributed by atoms with E-state index in [4.69, 9.17) is 34.8 Å². The van der Waals surface area contributed by atoms with Crippen molar-refractivity contribution in [1.29, 1.82) is 0 Å². The third kappa shape index (κ3) is 2.96. The largest absolute Gasteiger partial charge is 0.294 e. The van der Waals surface area contributed by atoms with Gasteiger partial charge in [-0.15, -0.1) is 0 Å². The van der Waals surface area contributed by atoms with E-state index in [1.165, 1.54) is 6.42 Å². The molecule has 0 N–H and O–H groups in total. The average Bonchev–Trinajstić information content (AvgIpc) is 2.28. The molecule has 0 saturated heterocycles. The Hall–Kier alpha value is -0.240. The van der Waals surface area contributed by atoms with E-state index in [2.05, 4.69) is 0 Å². The lowest BCUT2D eigenvalue weighted by molar-refractivity contribution is 0.0890. The van der Waals surface area contributed by atoms with Gasteiger partial charge in [0.2, 0.25) is 0 Å². The first-order valence-electron chi connectivity index (χ1n) is 5.78. The molecule has 4 heteroatoms. The predicted molar refractivity (Wildman–Crippen MR) is 72.4 cm³/mol. The summed E-state index contributed by atoms with van der Waals surface area (Å²) >= 11 is 18.0. The van der Waals surface area contributed by atoms with Crippen LogP contribution in [-0.4, -0.2) is 5.78 Å². The molecular weight excluding hydrogens is 279 g/mol. The molecule has 1 fully saturated rings. The molecule has 1 aromatic rings. The molecule has 1 aromatic carbocycles. The number of ketones is 1. The predicted octanol–water partition coefficient (Wildman–Crippen LogP) is 5.41. The van der Waals surface area contributed by atoms with Gasteiger partial charge in [-0.05, 0) is 25.0 Å². The van der Waals surface area contributed by atoms with Crippen molar-refractivity contribution in [3.8, 4) is 0 Å². The molecule has 1 nitrogen and oxygen atoms in total. The van der Waals surface area contributed by atoms with Crippen molar-refractivity contribution >= 4 is 40.6 Å². The minimum atomic E-state index is 0.0661. The molecule has 0 bridgehead atoms. The van der Waals surface area contributed by atoms with Crippen LogP contribution >= 0.6 is 34.8 Å². The minimum Gasteiger partial charge on any atom is -0.294 e. The molecule has 0 aliphatic heterocycles. The van der Waals surface area contributed by atoms with Gasteiger partial charge in [0.15, 0.2) is 5.78 Å². The average molecular weight is 292 g/mol. The molecule has 1 saturated carbocycles. The van der Waals surface area contributed by atoms with Gasteiger partial charge in [0.25, 0.3) is 0 Å². The van der Waals surface area contributed by atoms with Crippen molar-refractivity contribution < 1.29 is 4.79 Å². The van der Waals surface area contributed by atoms with Gasteiger partial charge in [-0.1, -0.05) is 54.1 Å². The Morgan fingerprint density at radius 3 is 2.06 bits per heavy atom. The maximum absolute atomic E-state index is 12.3. The molecule has 0 atom stereocenters. The number of carbonyl (C=O) groups excluding carboxylic acids is 1. The number of carbonyl (C=O) groups is 1. The highest BCUT2D eigenvalue weighted by Gasteiger charge is 2.26. The minimum absolute atomic E-state index is 0.0661. The van der Waals surface area contributed by atoms with Crippen molar-refractivity contribution in [3.63, 3.8) is 0 Å². The molecule has 0 unspecified atom stereocenters. The van der Waals surface area contributed by atoms with E-state index in [9.17, 15) is 4.79 Å². The summed E-state index contributed by atoms with van der Waals surface area (Å²) in [5.41, 5.74) is 0.435. The van der Waals surface area contributed by atoms with Crippen LogP contribution in [0.15, 0.2) is 12.1 Å². The number of rotatable bonds is 2. The van der Waals surface area contributed by atoms with Gasteiger partial charge < -0.3 is 0 Å². The van der Waals surface area contributed by atoms with E-state index in [-0.39, 0.29) is 11.7 Å². The Morgan fingerprint density at radius 2 is 1.53 bits per heavy atom. The first-order valence-corrected chi connectivity index (χ1v) is 6.91. The number of hydrogen-bond acceptors (Lipinski definition) is 1. The van der Waals surface area contributed by atoms with Crippen molar-refractivity contribution in [1.82, 2.24) is 0 Å². The lowest BCUT2D eigenvalue weighted by Gasteiger charge is -2.21. The molecule has 0 aromatic heterocycles. The second-order valence-electron chi connectivity index (χ2n) is 4.44. The second-order valence-corrected chi connectivity index (χ2v) is 5.69. The third-order valence-electron chi connectivity index (χ3n) is 3.23. The zero-order valence-electron chi connectivity index (χ0n) is 9.31. The number of benzene rings is 1. The monoisotopic (exact) mass is 290 g/mol. The third-order valence-corrected chi connectivity index (χ3v) is 4.04. The molecule has 0 radical (unpaired) electrons. The Balaban J connectivity index is 2.30. The fraction of sp³-hybridized carbons (Fsp3) is 0.462. The fourth-order valence-electron chi connectivity index (χ4n) is 2.35. The van der Waals surface area contributed by atoms with Crippen LogP contribution < -0.4 is 0 Å². The molecule has 0 spiro atoms. The SMILES string of the molecule is O=C(c1c(Cl)cc(Cl)cc1Cl)C1CCCCC1. The van der Waals surface area contributed by atoms with E-state index in [1.807, 2.05) is 0 Å². The summed E-state index contributed by atoms with van der Waals surface area (Å²) in [5, 5.41) is 1.18. The maximum Gasteiger partial charge on any atom is 0.168 e. The Morgan fingerprint density at radius 1 is 1.00 bits per heavy atom. The van der Waals surface area contributed by atoms with Crippen molar-refractivity contribution in [2.45, 2.75) is 32.1 Å². The van der Waals surface area contributed by atoms with Crippen LogP contribution in [-0.2, 0) is 0 Å². The Kier molecular flexibility index (Phi) is 4.35. The quantitative estimate of drug-likeness (QED) is 0.666. The van der Waals surface area contributed by atoms with Gasteiger partial charge >= 0.3 is 0 Å². The summed E-state index contributed by atoms with van der Waals surface area (Å²) in [6, 6.07) is 3.15. The summed E-state index contributed by atoms with van der Waals surface area (Å²) in [7, 11) is 0. The zero-order valence-corrected chi connectivity index (χ0v) is 11.6. The molecule has 0 amide bonds. The smallest absolute Gasteiger partial charge is 0.168 e. The highest BCUT2D eigenvalue weighted by atomic mass is 35.5. The number of halogens is 3. The van der Waals surface area contributed by atoms with Crippen molar-refractivity contribution in [2.75, 3.05) is 0 Å². The van der Waals surface area contributed by atoms with Gasteiger partial charge in [0, 0.05) is 10.9 Å². The number of hydrogen-bond donors (Lipinski definition) is 0. The van der Waals surface area contributed by atoms with Gasteiger partial charge in [-0.2, -0.15) is 0 Å². The molecule has 92 valence electrons. The molecule has 17 heavy (non-hydrogen) atoms. The normalized spacial score (nSPS) is 17.1. The van der Waals surface area contributed by atoms with Crippen LogP contribution in [0.3, 0.4) is 0 Å². The van der Waals surface area contributed by atoms with E-state index < -0.39 is 0 Å². The first-order chi connectivity index (χ1) is 8.09. The van der Waals surface area contributed by atoms with E-state index >= 15 is 0 Å². The van der Waals surface area contributed by atoms with Gasteiger partial charge in [-0.25, -0.2) is 0 Å². The van der Waals surface area contributed by atoms with Gasteiger partial charge in [0.05, 0.1) is 15.6 Å². The summed E-state index contributed by atoms with van der Waals surface area (Å²) in [6.45, 7) is 0. The van der Waals surface area contributed by atoms with E-state index in [1.54, 1.807) is 12.1 Å². The molecule has 1 aliphatic carbocycles. The van der Waals surface area contributed by atoms with Crippen molar-refractivity contribution in [2.24, 2.45) is 5.92 Å². The van der Waals surface area contributed by atoms with Crippen LogP contribution in [0, 0.1) is 5.92 Å². The van der Waals surface area contributed by atoms with Crippen LogP contribution in [0.1, 0.15) is 42.5 Å². The highest BCUT2D eigenvalue weighted by Crippen LogP contribution is 2.34. The molecule has 2 rings (SSSR count). The van der Waals surface area contributed by atoms with E-state index in [0.29, 0.717) is 20.6 Å². The van der Waals surface area contributed by atoms with Crippen molar-refractivity contribution in [3.05, 3.63) is 32.8 Å². The lowest BCUT2D eigenvalue weighted by Crippen LogP contribution is -2.18. The Labute approximate surface area is 116 Å². The molecule has 1 aliphatic rings.